The Hall–Kier alpha value is -0.240. The van der Waals surface area contributed by atoms with E-state index in [0.29, 0.717) is 21.9 Å². The third-order valence-electron chi connectivity index (χ3n) is 2.92. The Bertz CT molecular complexity index is 337. The predicted octanol–water partition coefficient (Wildman–Crippen LogP) is 4.38. The number of halogens is 2. The maximum Gasteiger partial charge on any atom is 0.0595 e. The summed E-state index contributed by atoms with van der Waals surface area (Å²) in [5.74, 6) is 1.39. The van der Waals surface area contributed by atoms with Gasteiger partial charge in [-0.15, -0.1) is 0 Å². The molecule has 0 radical (unpaired) electrons. The molecule has 0 fully saturated rings. The Kier molecular flexibility index (Phi) is 5.60. The average molecular weight is 260 g/mol. The first-order valence-corrected chi connectivity index (χ1v) is 6.41. The Morgan fingerprint density at radius 2 is 1.81 bits per heavy atom. The topological polar surface area (TPSA) is 12.0 Å². The molecule has 90 valence electrons. The highest BCUT2D eigenvalue weighted by atomic mass is 35.5. The summed E-state index contributed by atoms with van der Waals surface area (Å²) >= 11 is 11.8. The highest BCUT2D eigenvalue weighted by molar-refractivity contribution is 6.42. The third-order valence-corrected chi connectivity index (χ3v) is 3.66. The highest BCUT2D eigenvalue weighted by Crippen LogP contribution is 2.22. The van der Waals surface area contributed by atoms with Gasteiger partial charge in [0.1, 0.15) is 0 Å². The van der Waals surface area contributed by atoms with Gasteiger partial charge in [0.05, 0.1) is 10.0 Å². The summed E-state index contributed by atoms with van der Waals surface area (Å²) in [6.07, 6.45) is 0. The molecule has 0 aliphatic carbocycles. The molecule has 1 unspecified atom stereocenters. The van der Waals surface area contributed by atoms with E-state index in [9.17, 15) is 0 Å². The van der Waals surface area contributed by atoms with Crippen molar-refractivity contribution in [1.29, 1.82) is 0 Å². The molecule has 0 bridgehead atoms. The molecule has 0 aliphatic heterocycles. The van der Waals surface area contributed by atoms with Gasteiger partial charge in [-0.3, -0.25) is 0 Å². The van der Waals surface area contributed by atoms with E-state index in [1.807, 2.05) is 18.2 Å². The maximum atomic E-state index is 5.95. The van der Waals surface area contributed by atoms with Crippen LogP contribution < -0.4 is 5.32 Å². The Labute approximate surface area is 108 Å². The first-order chi connectivity index (χ1) is 7.50. The molecule has 1 nitrogen and oxygen atoms in total. The van der Waals surface area contributed by atoms with Crippen LogP contribution in [-0.2, 0) is 6.54 Å². The first-order valence-electron chi connectivity index (χ1n) is 5.65. The molecule has 0 saturated heterocycles. The minimum Gasteiger partial charge on any atom is -0.312 e. The van der Waals surface area contributed by atoms with Crippen molar-refractivity contribution in [2.75, 3.05) is 6.54 Å². The fourth-order valence-corrected chi connectivity index (χ4v) is 1.65. The van der Waals surface area contributed by atoms with E-state index < -0.39 is 0 Å². The summed E-state index contributed by atoms with van der Waals surface area (Å²) in [5.41, 5.74) is 1.17. The molecule has 0 heterocycles. The standard InChI is InChI=1S/C13H19Cl2N/c1-9(2)10(3)7-16-8-11-4-5-12(14)13(15)6-11/h4-6,9-10,16H,7-8H2,1-3H3. The van der Waals surface area contributed by atoms with Crippen molar-refractivity contribution in [3.8, 4) is 0 Å². The Morgan fingerprint density at radius 1 is 1.12 bits per heavy atom. The van der Waals surface area contributed by atoms with Crippen LogP contribution in [-0.4, -0.2) is 6.54 Å². The molecule has 0 aromatic heterocycles. The molecule has 1 N–H and O–H groups in total. The van der Waals surface area contributed by atoms with E-state index in [1.54, 1.807) is 0 Å². The maximum absolute atomic E-state index is 5.95. The van der Waals surface area contributed by atoms with Crippen molar-refractivity contribution in [1.82, 2.24) is 5.32 Å². The van der Waals surface area contributed by atoms with Crippen LogP contribution in [0.4, 0.5) is 0 Å². The van der Waals surface area contributed by atoms with Crippen molar-refractivity contribution in [3.63, 3.8) is 0 Å². The van der Waals surface area contributed by atoms with Gasteiger partial charge in [0.2, 0.25) is 0 Å². The zero-order valence-corrected chi connectivity index (χ0v) is 11.6. The molecule has 3 heteroatoms. The van der Waals surface area contributed by atoms with Gasteiger partial charge in [-0.1, -0.05) is 50.0 Å². The van der Waals surface area contributed by atoms with Crippen LogP contribution in [0, 0.1) is 11.8 Å². The van der Waals surface area contributed by atoms with Gasteiger partial charge in [-0.2, -0.15) is 0 Å². The van der Waals surface area contributed by atoms with Crippen LogP contribution in [0.25, 0.3) is 0 Å². The summed E-state index contributed by atoms with van der Waals surface area (Å²) in [6, 6.07) is 5.75. The monoisotopic (exact) mass is 259 g/mol. The molecule has 1 aromatic rings. The number of nitrogens with one attached hydrogen (secondary N) is 1. The van der Waals surface area contributed by atoms with Gasteiger partial charge in [0.25, 0.3) is 0 Å². The van der Waals surface area contributed by atoms with Crippen LogP contribution in [0.15, 0.2) is 18.2 Å². The van der Waals surface area contributed by atoms with Gasteiger partial charge in [0.15, 0.2) is 0 Å². The summed E-state index contributed by atoms with van der Waals surface area (Å²) in [5, 5.41) is 4.66. The minimum absolute atomic E-state index is 0.612. The SMILES string of the molecule is CC(C)C(C)CNCc1ccc(Cl)c(Cl)c1. The van der Waals surface area contributed by atoms with Gasteiger partial charge in [-0.25, -0.2) is 0 Å². The first kappa shape index (κ1) is 13.8. The summed E-state index contributed by atoms with van der Waals surface area (Å²) in [7, 11) is 0. The summed E-state index contributed by atoms with van der Waals surface area (Å²) in [6.45, 7) is 8.61. The second-order valence-electron chi connectivity index (χ2n) is 4.60. The summed E-state index contributed by atoms with van der Waals surface area (Å²) < 4.78 is 0. The van der Waals surface area contributed by atoms with Gasteiger partial charge in [0, 0.05) is 6.54 Å². The van der Waals surface area contributed by atoms with E-state index in [0.717, 1.165) is 13.1 Å². The Balaban J connectivity index is 2.40. The molecular weight excluding hydrogens is 241 g/mol. The quantitative estimate of drug-likeness (QED) is 0.828. The lowest BCUT2D eigenvalue weighted by molar-refractivity contribution is 0.392. The van der Waals surface area contributed by atoms with E-state index in [2.05, 4.69) is 26.1 Å². The minimum atomic E-state index is 0.612. The zero-order valence-electron chi connectivity index (χ0n) is 10.1. The van der Waals surface area contributed by atoms with Gasteiger partial charge < -0.3 is 5.32 Å². The van der Waals surface area contributed by atoms with E-state index >= 15 is 0 Å². The Morgan fingerprint density at radius 3 is 2.38 bits per heavy atom. The van der Waals surface area contributed by atoms with Crippen molar-refractivity contribution in [2.45, 2.75) is 27.3 Å². The van der Waals surface area contributed by atoms with Crippen LogP contribution >= 0.6 is 23.2 Å². The molecule has 1 aromatic carbocycles. The predicted molar refractivity (Wildman–Crippen MR) is 72.2 cm³/mol. The molecule has 0 saturated carbocycles. The van der Waals surface area contributed by atoms with E-state index in [1.165, 1.54) is 5.56 Å². The second-order valence-corrected chi connectivity index (χ2v) is 5.42. The van der Waals surface area contributed by atoms with Gasteiger partial charge in [-0.05, 0) is 36.1 Å². The largest absolute Gasteiger partial charge is 0.312 e. The van der Waals surface area contributed by atoms with Crippen LogP contribution in [0.2, 0.25) is 10.0 Å². The van der Waals surface area contributed by atoms with Crippen molar-refractivity contribution in [2.24, 2.45) is 11.8 Å². The van der Waals surface area contributed by atoms with Crippen LogP contribution in [0.1, 0.15) is 26.3 Å². The summed E-state index contributed by atoms with van der Waals surface area (Å²) in [4.78, 5) is 0. The van der Waals surface area contributed by atoms with Gasteiger partial charge >= 0.3 is 0 Å². The van der Waals surface area contributed by atoms with Crippen molar-refractivity contribution in [3.05, 3.63) is 33.8 Å². The zero-order chi connectivity index (χ0) is 12.1. The highest BCUT2D eigenvalue weighted by Gasteiger charge is 2.06. The molecule has 0 aliphatic rings. The fraction of sp³-hybridized carbons (Fsp3) is 0.538. The molecular formula is C13H19Cl2N. The number of hydrogen-bond donors (Lipinski definition) is 1. The lowest BCUT2D eigenvalue weighted by atomic mass is 9.98. The molecule has 0 amide bonds. The van der Waals surface area contributed by atoms with Crippen LogP contribution in [0.5, 0.6) is 0 Å². The lowest BCUT2D eigenvalue weighted by Crippen LogP contribution is -2.23. The van der Waals surface area contributed by atoms with Crippen molar-refractivity contribution >= 4 is 23.2 Å². The van der Waals surface area contributed by atoms with E-state index in [4.69, 9.17) is 23.2 Å². The average Bonchev–Trinajstić information content (AvgIpc) is 2.23. The fourth-order valence-electron chi connectivity index (χ4n) is 1.33. The number of hydrogen-bond acceptors (Lipinski definition) is 1. The van der Waals surface area contributed by atoms with Crippen molar-refractivity contribution < 1.29 is 0 Å². The van der Waals surface area contributed by atoms with E-state index in [-0.39, 0.29) is 0 Å². The second kappa shape index (κ2) is 6.48. The number of rotatable bonds is 5. The number of benzene rings is 1. The molecule has 1 atom stereocenters. The smallest absolute Gasteiger partial charge is 0.0595 e. The molecule has 0 spiro atoms. The normalized spacial score (nSPS) is 13.1. The molecule has 16 heavy (non-hydrogen) atoms. The van der Waals surface area contributed by atoms with Crippen LogP contribution in [0.3, 0.4) is 0 Å². The lowest BCUT2D eigenvalue weighted by Gasteiger charge is -2.16. The molecule has 1 rings (SSSR count). The third kappa shape index (κ3) is 4.32.